The fourth-order valence-electron chi connectivity index (χ4n) is 1.84. The molecule has 6 heteroatoms. The van der Waals surface area contributed by atoms with Crippen molar-refractivity contribution in [1.82, 2.24) is 15.0 Å². The van der Waals surface area contributed by atoms with E-state index in [1.165, 1.54) is 23.5 Å². The minimum absolute atomic E-state index is 0.302. The van der Waals surface area contributed by atoms with Gasteiger partial charge in [0.05, 0.1) is 15.9 Å². The minimum atomic E-state index is -0.302. The van der Waals surface area contributed by atoms with Gasteiger partial charge in [-0.2, -0.15) is 0 Å². The Morgan fingerprint density at radius 1 is 1.32 bits per heavy atom. The first kappa shape index (κ1) is 12.0. The van der Waals surface area contributed by atoms with Crippen molar-refractivity contribution >= 4 is 28.1 Å². The molecule has 0 saturated heterocycles. The number of aromatic nitrogens is 3. The summed E-state index contributed by atoms with van der Waals surface area (Å²) in [7, 11) is 0. The monoisotopic (exact) mass is 274 g/mol. The lowest BCUT2D eigenvalue weighted by Gasteiger charge is -2.08. The standard InChI is InChI=1S/C13H11FN4S/c1-2-16-12-9-4-3-8(14)5-10(9)17-13(18-12)11-6-15-7-19-11/h3-7H,2H2,1H3,(H,16,17,18). The van der Waals surface area contributed by atoms with Gasteiger partial charge in [-0.1, -0.05) is 0 Å². The van der Waals surface area contributed by atoms with E-state index in [4.69, 9.17) is 0 Å². The van der Waals surface area contributed by atoms with Crippen molar-refractivity contribution in [2.75, 3.05) is 11.9 Å². The zero-order chi connectivity index (χ0) is 13.2. The molecule has 0 unspecified atom stereocenters. The molecule has 3 rings (SSSR count). The van der Waals surface area contributed by atoms with Crippen LogP contribution in [0.2, 0.25) is 0 Å². The maximum absolute atomic E-state index is 13.3. The SMILES string of the molecule is CCNc1nc(-c2cncs2)nc2cc(F)ccc12. The van der Waals surface area contributed by atoms with E-state index in [1.54, 1.807) is 17.8 Å². The summed E-state index contributed by atoms with van der Waals surface area (Å²) in [6.45, 7) is 2.73. The maximum Gasteiger partial charge on any atom is 0.173 e. The Kier molecular flexibility index (Phi) is 3.08. The van der Waals surface area contributed by atoms with Gasteiger partial charge < -0.3 is 5.32 Å². The zero-order valence-corrected chi connectivity index (χ0v) is 11.0. The quantitative estimate of drug-likeness (QED) is 0.796. The molecule has 0 amide bonds. The number of anilines is 1. The highest BCUT2D eigenvalue weighted by atomic mass is 32.1. The van der Waals surface area contributed by atoms with E-state index in [9.17, 15) is 4.39 Å². The Hall–Kier alpha value is -2.08. The average Bonchev–Trinajstić information content (AvgIpc) is 2.92. The van der Waals surface area contributed by atoms with E-state index in [-0.39, 0.29) is 5.82 Å². The number of nitrogens with one attached hydrogen (secondary N) is 1. The molecule has 3 aromatic rings. The van der Waals surface area contributed by atoms with E-state index in [2.05, 4.69) is 20.3 Å². The number of thiazole rings is 1. The number of rotatable bonds is 3. The van der Waals surface area contributed by atoms with Gasteiger partial charge in [-0.25, -0.2) is 14.4 Å². The van der Waals surface area contributed by atoms with Crippen molar-refractivity contribution in [2.24, 2.45) is 0 Å². The molecule has 0 aliphatic carbocycles. The average molecular weight is 274 g/mol. The van der Waals surface area contributed by atoms with Crippen LogP contribution in [-0.2, 0) is 0 Å². The van der Waals surface area contributed by atoms with Gasteiger partial charge in [0.1, 0.15) is 11.6 Å². The molecule has 2 heterocycles. The van der Waals surface area contributed by atoms with Crippen LogP contribution < -0.4 is 5.32 Å². The van der Waals surface area contributed by atoms with Crippen LogP contribution in [0.1, 0.15) is 6.92 Å². The molecule has 96 valence electrons. The second kappa shape index (κ2) is 4.89. The van der Waals surface area contributed by atoms with Gasteiger partial charge in [0, 0.05) is 24.2 Å². The zero-order valence-electron chi connectivity index (χ0n) is 10.2. The van der Waals surface area contributed by atoms with E-state index >= 15 is 0 Å². The Bertz CT molecular complexity index is 712. The Labute approximate surface area is 113 Å². The van der Waals surface area contributed by atoms with Gasteiger partial charge in [0.15, 0.2) is 5.82 Å². The molecule has 0 aliphatic heterocycles. The molecule has 0 spiro atoms. The Morgan fingerprint density at radius 2 is 2.21 bits per heavy atom. The molecular weight excluding hydrogens is 263 g/mol. The molecule has 1 N–H and O–H groups in total. The van der Waals surface area contributed by atoms with Gasteiger partial charge in [-0.3, -0.25) is 4.98 Å². The molecule has 19 heavy (non-hydrogen) atoms. The Balaban J connectivity index is 2.25. The van der Waals surface area contributed by atoms with Gasteiger partial charge in [-0.05, 0) is 19.1 Å². The molecule has 0 aliphatic rings. The fraction of sp³-hybridized carbons (Fsp3) is 0.154. The first-order valence-corrected chi connectivity index (χ1v) is 6.76. The van der Waals surface area contributed by atoms with Crippen LogP contribution in [-0.4, -0.2) is 21.5 Å². The van der Waals surface area contributed by atoms with Gasteiger partial charge in [-0.15, -0.1) is 11.3 Å². The number of hydrogen-bond donors (Lipinski definition) is 1. The highest BCUT2D eigenvalue weighted by Gasteiger charge is 2.10. The summed E-state index contributed by atoms with van der Waals surface area (Å²) >= 11 is 1.46. The highest BCUT2D eigenvalue weighted by Crippen LogP contribution is 2.27. The van der Waals surface area contributed by atoms with Gasteiger partial charge in [0.25, 0.3) is 0 Å². The summed E-state index contributed by atoms with van der Waals surface area (Å²) in [6, 6.07) is 4.53. The van der Waals surface area contributed by atoms with E-state index in [0.717, 1.165) is 22.6 Å². The predicted molar refractivity (Wildman–Crippen MR) is 74.8 cm³/mol. The van der Waals surface area contributed by atoms with Crippen molar-refractivity contribution < 1.29 is 4.39 Å². The van der Waals surface area contributed by atoms with Crippen LogP contribution in [0.4, 0.5) is 10.2 Å². The predicted octanol–water partition coefficient (Wildman–Crippen LogP) is 3.32. The molecule has 0 fully saturated rings. The molecule has 0 bridgehead atoms. The van der Waals surface area contributed by atoms with Crippen molar-refractivity contribution in [1.29, 1.82) is 0 Å². The van der Waals surface area contributed by atoms with E-state index < -0.39 is 0 Å². The normalized spacial score (nSPS) is 10.8. The highest BCUT2D eigenvalue weighted by molar-refractivity contribution is 7.13. The van der Waals surface area contributed by atoms with Gasteiger partial charge >= 0.3 is 0 Å². The molecule has 0 saturated carbocycles. The topological polar surface area (TPSA) is 50.7 Å². The summed E-state index contributed by atoms with van der Waals surface area (Å²) in [5.41, 5.74) is 2.32. The molecule has 2 aromatic heterocycles. The van der Waals surface area contributed by atoms with Crippen LogP contribution in [0.3, 0.4) is 0 Å². The molecule has 1 aromatic carbocycles. The number of benzene rings is 1. The fourth-order valence-corrected chi connectivity index (χ4v) is 2.40. The molecule has 0 atom stereocenters. The van der Waals surface area contributed by atoms with E-state index in [0.29, 0.717) is 11.3 Å². The smallest absolute Gasteiger partial charge is 0.173 e. The largest absolute Gasteiger partial charge is 0.370 e. The van der Waals surface area contributed by atoms with Crippen LogP contribution >= 0.6 is 11.3 Å². The number of nitrogens with zero attached hydrogens (tertiary/aromatic N) is 3. The van der Waals surface area contributed by atoms with Crippen LogP contribution in [0.5, 0.6) is 0 Å². The third-order valence-electron chi connectivity index (χ3n) is 2.66. The van der Waals surface area contributed by atoms with Crippen molar-refractivity contribution in [2.45, 2.75) is 6.92 Å². The first-order valence-electron chi connectivity index (χ1n) is 5.88. The molecule has 0 radical (unpaired) electrons. The lowest BCUT2D eigenvalue weighted by molar-refractivity contribution is 0.629. The van der Waals surface area contributed by atoms with Crippen molar-refractivity contribution in [3.05, 3.63) is 35.7 Å². The minimum Gasteiger partial charge on any atom is -0.370 e. The third-order valence-corrected chi connectivity index (χ3v) is 3.42. The van der Waals surface area contributed by atoms with E-state index in [1.807, 2.05) is 6.92 Å². The van der Waals surface area contributed by atoms with Crippen LogP contribution in [0.15, 0.2) is 29.9 Å². The molecule has 4 nitrogen and oxygen atoms in total. The summed E-state index contributed by atoms with van der Waals surface area (Å²) in [6.07, 6.45) is 1.71. The maximum atomic E-state index is 13.3. The summed E-state index contributed by atoms with van der Waals surface area (Å²) < 4.78 is 13.3. The number of fused-ring (bicyclic) bond motifs is 1. The van der Waals surface area contributed by atoms with Gasteiger partial charge in [0.2, 0.25) is 0 Å². The second-order valence-corrected chi connectivity index (χ2v) is 4.84. The third kappa shape index (κ3) is 2.26. The summed E-state index contributed by atoms with van der Waals surface area (Å²) in [5.74, 6) is 0.983. The van der Waals surface area contributed by atoms with Crippen molar-refractivity contribution in [3.63, 3.8) is 0 Å². The lowest BCUT2D eigenvalue weighted by atomic mass is 10.2. The first-order chi connectivity index (χ1) is 9.28. The second-order valence-electron chi connectivity index (χ2n) is 3.95. The van der Waals surface area contributed by atoms with Crippen molar-refractivity contribution in [3.8, 4) is 10.7 Å². The molecular formula is C13H11FN4S. The van der Waals surface area contributed by atoms with Crippen LogP contribution in [0, 0.1) is 5.82 Å². The summed E-state index contributed by atoms with van der Waals surface area (Å²) in [5, 5.41) is 4.00. The number of hydrogen-bond acceptors (Lipinski definition) is 5. The summed E-state index contributed by atoms with van der Waals surface area (Å²) in [4.78, 5) is 13.8. The lowest BCUT2D eigenvalue weighted by Crippen LogP contribution is -2.02. The Morgan fingerprint density at radius 3 is 2.95 bits per heavy atom. The van der Waals surface area contributed by atoms with Crippen LogP contribution in [0.25, 0.3) is 21.6 Å². The number of halogens is 1.